The molecule has 0 bridgehead atoms. The molecule has 0 heterocycles. The fourth-order valence-corrected chi connectivity index (χ4v) is 1.62. The summed E-state index contributed by atoms with van der Waals surface area (Å²) in [6.45, 7) is 3.14. The van der Waals surface area contributed by atoms with Crippen molar-refractivity contribution in [1.29, 1.82) is 0 Å². The number of rotatable bonds is 6. The highest BCUT2D eigenvalue weighted by molar-refractivity contribution is 5.84. The fraction of sp³-hybridized carbons (Fsp3) is 0.429. The van der Waals surface area contributed by atoms with Crippen LogP contribution in [0.1, 0.15) is 25.8 Å². The predicted octanol–water partition coefficient (Wildman–Crippen LogP) is 1.98. The molecule has 2 N–H and O–H groups in total. The van der Waals surface area contributed by atoms with E-state index in [4.69, 9.17) is 5.11 Å². The molecule has 19 heavy (non-hydrogen) atoms. The minimum atomic E-state index is -1.06. The molecule has 1 unspecified atom stereocenters. The Bertz CT molecular complexity index is 462. The van der Waals surface area contributed by atoms with Crippen LogP contribution in [0.2, 0.25) is 0 Å². The Balaban J connectivity index is 2.44. The molecular formula is C14H18FNO3. The van der Waals surface area contributed by atoms with Crippen molar-refractivity contribution >= 4 is 11.9 Å². The molecule has 0 radical (unpaired) electrons. The number of carboxylic acid groups (broad SMARTS) is 1. The monoisotopic (exact) mass is 267 g/mol. The average molecular weight is 267 g/mol. The van der Waals surface area contributed by atoms with Crippen LogP contribution in [-0.2, 0) is 16.0 Å². The van der Waals surface area contributed by atoms with Crippen LogP contribution in [0.3, 0.4) is 0 Å². The number of nitrogens with one attached hydrogen (secondary N) is 1. The lowest BCUT2D eigenvalue weighted by Crippen LogP contribution is -2.41. The zero-order chi connectivity index (χ0) is 14.4. The fourth-order valence-electron chi connectivity index (χ4n) is 1.62. The third kappa shape index (κ3) is 5.07. The van der Waals surface area contributed by atoms with E-state index < -0.39 is 12.0 Å². The van der Waals surface area contributed by atoms with Gasteiger partial charge in [-0.25, -0.2) is 4.39 Å². The molecule has 0 saturated carbocycles. The number of carboxylic acids is 1. The van der Waals surface area contributed by atoms with Gasteiger partial charge in [-0.2, -0.15) is 0 Å². The Morgan fingerprint density at radius 3 is 2.63 bits per heavy atom. The van der Waals surface area contributed by atoms with Crippen LogP contribution >= 0.6 is 0 Å². The second-order valence-electron chi connectivity index (χ2n) is 4.64. The third-order valence-corrected chi connectivity index (χ3v) is 2.93. The second-order valence-corrected chi connectivity index (χ2v) is 4.64. The first-order valence-corrected chi connectivity index (χ1v) is 6.17. The molecule has 0 aliphatic heterocycles. The van der Waals surface area contributed by atoms with Crippen molar-refractivity contribution in [3.05, 3.63) is 35.6 Å². The van der Waals surface area contributed by atoms with E-state index in [1.807, 2.05) is 0 Å². The molecule has 2 atom stereocenters. The van der Waals surface area contributed by atoms with Crippen molar-refractivity contribution < 1.29 is 19.1 Å². The van der Waals surface area contributed by atoms with Gasteiger partial charge in [0.25, 0.3) is 0 Å². The highest BCUT2D eigenvalue weighted by Crippen LogP contribution is 2.11. The number of aliphatic carboxylic acids is 1. The van der Waals surface area contributed by atoms with E-state index in [2.05, 4.69) is 5.32 Å². The minimum absolute atomic E-state index is 0.297. The number of benzene rings is 1. The molecule has 5 heteroatoms. The summed E-state index contributed by atoms with van der Waals surface area (Å²) in [6, 6.07) is 5.33. The number of hydrogen-bond donors (Lipinski definition) is 2. The van der Waals surface area contributed by atoms with E-state index in [0.717, 1.165) is 5.56 Å². The average Bonchev–Trinajstić information content (AvgIpc) is 2.35. The van der Waals surface area contributed by atoms with Crippen molar-refractivity contribution in [3.63, 3.8) is 0 Å². The van der Waals surface area contributed by atoms with Gasteiger partial charge in [0.2, 0.25) is 5.91 Å². The van der Waals surface area contributed by atoms with E-state index in [1.165, 1.54) is 19.1 Å². The predicted molar refractivity (Wildman–Crippen MR) is 69.1 cm³/mol. The van der Waals surface area contributed by atoms with Crippen LogP contribution in [0.15, 0.2) is 24.3 Å². The maximum atomic E-state index is 13.0. The quantitative estimate of drug-likeness (QED) is 0.828. The molecule has 1 aromatic rings. The normalized spacial score (nSPS) is 13.6. The first-order chi connectivity index (χ1) is 8.90. The summed E-state index contributed by atoms with van der Waals surface area (Å²) in [7, 11) is 0. The summed E-state index contributed by atoms with van der Waals surface area (Å²) >= 11 is 0. The maximum absolute atomic E-state index is 13.0. The van der Waals surface area contributed by atoms with Gasteiger partial charge in [-0.3, -0.25) is 9.59 Å². The van der Waals surface area contributed by atoms with Gasteiger partial charge in [-0.05, 0) is 37.5 Å². The standard InChI is InChI=1S/C14H18FNO3/c1-9(13(17)16-10(2)14(18)19)6-7-11-4-3-5-12(15)8-11/h3-5,8-10H,6-7H2,1-2H3,(H,16,17)(H,18,19)/t9?,10-/m0/s1. The lowest BCUT2D eigenvalue weighted by Gasteiger charge is -2.14. The molecule has 0 aliphatic carbocycles. The van der Waals surface area contributed by atoms with Crippen molar-refractivity contribution in [2.24, 2.45) is 5.92 Å². The maximum Gasteiger partial charge on any atom is 0.325 e. The van der Waals surface area contributed by atoms with E-state index in [-0.39, 0.29) is 17.6 Å². The molecule has 1 amide bonds. The largest absolute Gasteiger partial charge is 0.480 e. The first-order valence-electron chi connectivity index (χ1n) is 6.17. The Morgan fingerprint density at radius 1 is 1.37 bits per heavy atom. The van der Waals surface area contributed by atoms with Gasteiger partial charge in [-0.15, -0.1) is 0 Å². The van der Waals surface area contributed by atoms with Gasteiger partial charge in [-0.1, -0.05) is 19.1 Å². The Labute approximate surface area is 111 Å². The number of carbonyl (C=O) groups excluding carboxylic acids is 1. The van der Waals surface area contributed by atoms with Crippen molar-refractivity contribution in [2.75, 3.05) is 0 Å². The summed E-state index contributed by atoms with van der Waals surface area (Å²) < 4.78 is 13.0. The Kier molecular flexibility index (Phi) is 5.48. The highest BCUT2D eigenvalue weighted by Gasteiger charge is 2.18. The molecule has 0 saturated heterocycles. The topological polar surface area (TPSA) is 66.4 Å². The number of amides is 1. The Morgan fingerprint density at radius 2 is 2.05 bits per heavy atom. The van der Waals surface area contributed by atoms with Crippen LogP contribution in [0.4, 0.5) is 4.39 Å². The van der Waals surface area contributed by atoms with Gasteiger partial charge in [0.05, 0.1) is 0 Å². The van der Waals surface area contributed by atoms with Gasteiger partial charge < -0.3 is 10.4 Å². The smallest absolute Gasteiger partial charge is 0.325 e. The molecule has 4 nitrogen and oxygen atoms in total. The first kappa shape index (κ1) is 15.1. The highest BCUT2D eigenvalue weighted by atomic mass is 19.1. The zero-order valence-electron chi connectivity index (χ0n) is 11.0. The van der Waals surface area contributed by atoms with Gasteiger partial charge in [0.15, 0.2) is 0 Å². The summed E-state index contributed by atoms with van der Waals surface area (Å²) in [5.41, 5.74) is 0.825. The van der Waals surface area contributed by atoms with E-state index in [9.17, 15) is 14.0 Å². The lowest BCUT2D eigenvalue weighted by atomic mass is 10.00. The summed E-state index contributed by atoms with van der Waals surface area (Å²) in [6.07, 6.45) is 1.12. The Hall–Kier alpha value is -1.91. The van der Waals surface area contributed by atoms with Crippen LogP contribution in [0.25, 0.3) is 0 Å². The third-order valence-electron chi connectivity index (χ3n) is 2.93. The van der Waals surface area contributed by atoms with Crippen LogP contribution in [0.5, 0.6) is 0 Å². The molecule has 0 fully saturated rings. The summed E-state index contributed by atoms with van der Waals surface area (Å²) in [5, 5.41) is 11.1. The van der Waals surface area contributed by atoms with Crippen molar-refractivity contribution in [2.45, 2.75) is 32.7 Å². The number of hydrogen-bond acceptors (Lipinski definition) is 2. The molecule has 0 aliphatic rings. The van der Waals surface area contributed by atoms with Crippen LogP contribution in [-0.4, -0.2) is 23.0 Å². The lowest BCUT2D eigenvalue weighted by molar-refractivity contribution is -0.141. The van der Waals surface area contributed by atoms with E-state index in [0.29, 0.717) is 12.8 Å². The van der Waals surface area contributed by atoms with Gasteiger partial charge in [0, 0.05) is 5.92 Å². The SMILES string of the molecule is CC(CCc1cccc(F)c1)C(=O)N[C@@H](C)C(=O)O. The molecule has 1 rings (SSSR count). The number of aryl methyl sites for hydroxylation is 1. The van der Waals surface area contributed by atoms with E-state index >= 15 is 0 Å². The second kappa shape index (κ2) is 6.87. The molecule has 1 aromatic carbocycles. The number of carbonyl (C=O) groups is 2. The van der Waals surface area contributed by atoms with Crippen molar-refractivity contribution in [1.82, 2.24) is 5.32 Å². The number of halogens is 1. The summed E-state index contributed by atoms with van der Waals surface area (Å²) in [5.74, 6) is -1.98. The molecule has 104 valence electrons. The van der Waals surface area contributed by atoms with Crippen LogP contribution in [0, 0.1) is 11.7 Å². The molecular weight excluding hydrogens is 249 g/mol. The van der Waals surface area contributed by atoms with Gasteiger partial charge >= 0.3 is 5.97 Å². The van der Waals surface area contributed by atoms with Gasteiger partial charge in [0.1, 0.15) is 11.9 Å². The van der Waals surface area contributed by atoms with Crippen molar-refractivity contribution in [3.8, 4) is 0 Å². The van der Waals surface area contributed by atoms with Crippen LogP contribution < -0.4 is 5.32 Å². The van der Waals surface area contributed by atoms with E-state index in [1.54, 1.807) is 19.1 Å². The summed E-state index contributed by atoms with van der Waals surface area (Å²) in [4.78, 5) is 22.3. The minimum Gasteiger partial charge on any atom is -0.480 e. The zero-order valence-corrected chi connectivity index (χ0v) is 11.0. The molecule has 0 spiro atoms. The molecule has 0 aromatic heterocycles.